The lowest BCUT2D eigenvalue weighted by atomic mass is 10.2. The summed E-state index contributed by atoms with van der Waals surface area (Å²) in [5.41, 5.74) is 0.688. The molecule has 0 spiro atoms. The minimum absolute atomic E-state index is 0.131. The Morgan fingerprint density at radius 1 is 1.47 bits per heavy atom. The predicted octanol–water partition coefficient (Wildman–Crippen LogP) is 2.60. The number of anilines is 1. The molecule has 0 amide bonds. The van der Waals surface area contributed by atoms with Crippen molar-refractivity contribution < 1.29 is 13.9 Å². The maximum atomic E-state index is 13.1. The quantitative estimate of drug-likeness (QED) is 0.740. The molecule has 0 unspecified atom stereocenters. The normalized spacial score (nSPS) is 10.4. The largest absolute Gasteiger partial charge is 0.462 e. The monoisotopic (exact) mass is 239 g/mol. The van der Waals surface area contributed by atoms with Gasteiger partial charge in [-0.3, -0.25) is 4.79 Å². The number of ether oxygens (including phenoxy) is 1. The highest BCUT2D eigenvalue weighted by Gasteiger charge is 2.12. The van der Waals surface area contributed by atoms with E-state index in [4.69, 9.17) is 4.74 Å². The Morgan fingerprint density at radius 2 is 2.18 bits per heavy atom. The van der Waals surface area contributed by atoms with E-state index in [2.05, 4.69) is 0 Å². The zero-order chi connectivity index (χ0) is 12.8. The topological polar surface area (TPSA) is 29.5 Å². The van der Waals surface area contributed by atoms with Gasteiger partial charge >= 0.3 is 5.97 Å². The second-order valence-electron chi connectivity index (χ2n) is 4.03. The van der Waals surface area contributed by atoms with Crippen molar-refractivity contribution >= 4 is 11.7 Å². The first-order valence-electron chi connectivity index (χ1n) is 5.73. The van der Waals surface area contributed by atoms with Gasteiger partial charge in [0.15, 0.2) is 0 Å². The standard InChI is InChI=1S/C13H18FNO2/c1-4-15(9-13(16)17-10(2)3)12-7-5-6-11(14)8-12/h5-8,10H,4,9H2,1-3H3. The van der Waals surface area contributed by atoms with Gasteiger partial charge in [0.05, 0.1) is 6.10 Å². The Bertz CT molecular complexity index is 379. The van der Waals surface area contributed by atoms with Gasteiger partial charge in [-0.2, -0.15) is 0 Å². The molecule has 1 aromatic rings. The summed E-state index contributed by atoms with van der Waals surface area (Å²) >= 11 is 0. The highest BCUT2D eigenvalue weighted by Crippen LogP contribution is 2.15. The smallest absolute Gasteiger partial charge is 0.325 e. The zero-order valence-electron chi connectivity index (χ0n) is 10.4. The maximum Gasteiger partial charge on any atom is 0.325 e. The molecular formula is C13H18FNO2. The Kier molecular flexibility index (Phi) is 4.94. The number of halogens is 1. The summed E-state index contributed by atoms with van der Waals surface area (Å²) in [6.07, 6.45) is -0.131. The number of likely N-dealkylation sites (N-methyl/N-ethyl adjacent to an activating group) is 1. The molecule has 0 atom stereocenters. The minimum Gasteiger partial charge on any atom is -0.462 e. The molecule has 0 aliphatic rings. The van der Waals surface area contributed by atoms with E-state index in [1.54, 1.807) is 30.9 Å². The molecule has 0 N–H and O–H groups in total. The van der Waals surface area contributed by atoms with Crippen LogP contribution < -0.4 is 4.90 Å². The summed E-state index contributed by atoms with van der Waals surface area (Å²) in [6.45, 7) is 6.27. The third-order valence-electron chi connectivity index (χ3n) is 2.24. The molecular weight excluding hydrogens is 221 g/mol. The van der Waals surface area contributed by atoms with Crippen LogP contribution in [0, 0.1) is 5.82 Å². The molecule has 94 valence electrons. The van der Waals surface area contributed by atoms with Crippen molar-refractivity contribution in [2.75, 3.05) is 18.0 Å². The molecule has 17 heavy (non-hydrogen) atoms. The van der Waals surface area contributed by atoms with Crippen LogP contribution in [0.15, 0.2) is 24.3 Å². The van der Waals surface area contributed by atoms with E-state index in [0.29, 0.717) is 12.2 Å². The van der Waals surface area contributed by atoms with Crippen molar-refractivity contribution in [2.24, 2.45) is 0 Å². The fourth-order valence-electron chi connectivity index (χ4n) is 1.51. The third kappa shape index (κ3) is 4.43. The van der Waals surface area contributed by atoms with Crippen LogP contribution in [-0.4, -0.2) is 25.2 Å². The summed E-state index contributed by atoms with van der Waals surface area (Å²) in [4.78, 5) is 13.3. The van der Waals surface area contributed by atoms with Crippen LogP contribution >= 0.6 is 0 Å². The number of benzene rings is 1. The van der Waals surface area contributed by atoms with Crippen molar-refractivity contribution in [3.63, 3.8) is 0 Å². The summed E-state index contributed by atoms with van der Waals surface area (Å²) in [5.74, 6) is -0.607. The van der Waals surface area contributed by atoms with Gasteiger partial charge < -0.3 is 9.64 Å². The Balaban J connectivity index is 2.69. The Morgan fingerprint density at radius 3 is 2.71 bits per heavy atom. The van der Waals surface area contributed by atoms with E-state index in [0.717, 1.165) is 0 Å². The predicted molar refractivity (Wildman–Crippen MR) is 65.5 cm³/mol. The molecule has 1 aromatic carbocycles. The lowest BCUT2D eigenvalue weighted by Gasteiger charge is -2.22. The third-order valence-corrected chi connectivity index (χ3v) is 2.24. The summed E-state index contributed by atoms with van der Waals surface area (Å²) in [7, 11) is 0. The van der Waals surface area contributed by atoms with E-state index < -0.39 is 0 Å². The molecule has 4 heteroatoms. The van der Waals surface area contributed by atoms with E-state index in [1.165, 1.54) is 12.1 Å². The molecule has 0 aliphatic carbocycles. The first kappa shape index (κ1) is 13.5. The fourth-order valence-corrected chi connectivity index (χ4v) is 1.51. The highest BCUT2D eigenvalue weighted by molar-refractivity contribution is 5.76. The van der Waals surface area contributed by atoms with Gasteiger partial charge in [0, 0.05) is 12.2 Å². The molecule has 0 bridgehead atoms. The SMILES string of the molecule is CCN(CC(=O)OC(C)C)c1cccc(F)c1. The van der Waals surface area contributed by atoms with E-state index >= 15 is 0 Å². The van der Waals surface area contributed by atoms with Gasteiger partial charge in [0.2, 0.25) is 0 Å². The molecule has 1 rings (SSSR count). The number of carbonyl (C=O) groups excluding carboxylic acids is 1. The van der Waals surface area contributed by atoms with Crippen molar-refractivity contribution in [3.05, 3.63) is 30.1 Å². The van der Waals surface area contributed by atoms with Gasteiger partial charge in [-0.05, 0) is 39.0 Å². The van der Waals surface area contributed by atoms with Crippen LogP contribution in [0.2, 0.25) is 0 Å². The summed E-state index contributed by atoms with van der Waals surface area (Å²) < 4.78 is 18.1. The maximum absolute atomic E-state index is 13.1. The van der Waals surface area contributed by atoms with Crippen LogP contribution in [0.5, 0.6) is 0 Å². The average Bonchev–Trinajstić information content (AvgIpc) is 2.24. The van der Waals surface area contributed by atoms with Crippen molar-refractivity contribution in [2.45, 2.75) is 26.9 Å². The Hall–Kier alpha value is -1.58. The highest BCUT2D eigenvalue weighted by atomic mass is 19.1. The second-order valence-corrected chi connectivity index (χ2v) is 4.03. The van der Waals surface area contributed by atoms with E-state index in [9.17, 15) is 9.18 Å². The van der Waals surface area contributed by atoms with Crippen LogP contribution in [-0.2, 0) is 9.53 Å². The number of rotatable bonds is 5. The van der Waals surface area contributed by atoms with E-state index in [-0.39, 0.29) is 24.4 Å². The van der Waals surface area contributed by atoms with Crippen LogP contribution in [0.4, 0.5) is 10.1 Å². The number of carbonyl (C=O) groups is 1. The number of nitrogens with zero attached hydrogens (tertiary/aromatic N) is 1. The van der Waals surface area contributed by atoms with Gasteiger partial charge in [-0.1, -0.05) is 6.07 Å². The van der Waals surface area contributed by atoms with Crippen LogP contribution in [0.3, 0.4) is 0 Å². The molecule has 3 nitrogen and oxygen atoms in total. The fraction of sp³-hybridized carbons (Fsp3) is 0.462. The molecule has 0 heterocycles. The molecule has 0 aliphatic heterocycles. The lowest BCUT2D eigenvalue weighted by Crippen LogP contribution is -2.31. The second kappa shape index (κ2) is 6.23. The zero-order valence-corrected chi connectivity index (χ0v) is 10.4. The minimum atomic E-state index is -0.307. The van der Waals surface area contributed by atoms with Crippen molar-refractivity contribution in [1.82, 2.24) is 0 Å². The van der Waals surface area contributed by atoms with Crippen molar-refractivity contribution in [3.8, 4) is 0 Å². The molecule has 0 fully saturated rings. The Labute approximate surface area is 101 Å². The molecule has 0 saturated carbocycles. The van der Waals surface area contributed by atoms with Crippen LogP contribution in [0.1, 0.15) is 20.8 Å². The first-order chi connectivity index (χ1) is 8.02. The lowest BCUT2D eigenvalue weighted by molar-refractivity contribution is -0.145. The van der Waals surface area contributed by atoms with Gasteiger partial charge in [0.25, 0.3) is 0 Å². The molecule has 0 saturated heterocycles. The first-order valence-corrected chi connectivity index (χ1v) is 5.73. The number of hydrogen-bond donors (Lipinski definition) is 0. The van der Waals surface area contributed by atoms with Gasteiger partial charge in [-0.25, -0.2) is 4.39 Å². The number of esters is 1. The van der Waals surface area contributed by atoms with E-state index in [1.807, 2.05) is 6.92 Å². The molecule has 0 radical (unpaired) electrons. The van der Waals surface area contributed by atoms with Crippen LogP contribution in [0.25, 0.3) is 0 Å². The summed E-state index contributed by atoms with van der Waals surface area (Å²) in [5, 5.41) is 0. The van der Waals surface area contributed by atoms with Gasteiger partial charge in [0.1, 0.15) is 12.4 Å². The average molecular weight is 239 g/mol. The van der Waals surface area contributed by atoms with Gasteiger partial charge in [-0.15, -0.1) is 0 Å². The van der Waals surface area contributed by atoms with Crippen molar-refractivity contribution in [1.29, 1.82) is 0 Å². The summed E-state index contributed by atoms with van der Waals surface area (Å²) in [6, 6.07) is 6.19. The number of hydrogen-bond acceptors (Lipinski definition) is 3. The molecule has 0 aromatic heterocycles.